The van der Waals surface area contributed by atoms with Crippen LogP contribution in [0.15, 0.2) is 0 Å². The van der Waals surface area contributed by atoms with Crippen LogP contribution in [0.3, 0.4) is 0 Å². The standard InChI is InChI=1S/C19H39NO/c1-4-6-7-8-9-10-11-13-18(20-16-5-2)17-19(21-3)14-12-15-19/h18,20H,4-17H2,1-3H3. The van der Waals surface area contributed by atoms with Crippen LogP contribution in [-0.2, 0) is 4.74 Å². The first kappa shape index (κ1) is 19.0. The van der Waals surface area contributed by atoms with Crippen LogP contribution in [0, 0.1) is 0 Å². The Kier molecular flexibility index (Phi) is 10.4. The lowest BCUT2D eigenvalue weighted by Gasteiger charge is -2.43. The molecule has 1 N–H and O–H groups in total. The van der Waals surface area contributed by atoms with Crippen LogP contribution < -0.4 is 5.32 Å². The summed E-state index contributed by atoms with van der Waals surface area (Å²) in [5.41, 5.74) is 0.215. The molecule has 0 aliphatic heterocycles. The molecular weight excluding hydrogens is 258 g/mol. The Morgan fingerprint density at radius 2 is 1.62 bits per heavy atom. The van der Waals surface area contributed by atoms with Crippen molar-refractivity contribution in [1.29, 1.82) is 0 Å². The van der Waals surface area contributed by atoms with Gasteiger partial charge in [-0.3, -0.25) is 0 Å². The van der Waals surface area contributed by atoms with Crippen LogP contribution in [-0.4, -0.2) is 25.3 Å². The zero-order chi connectivity index (χ0) is 15.4. The second-order valence-electron chi connectivity index (χ2n) is 7.01. The molecule has 1 aliphatic rings. The van der Waals surface area contributed by atoms with Crippen LogP contribution >= 0.6 is 0 Å². The summed E-state index contributed by atoms with van der Waals surface area (Å²) in [7, 11) is 1.91. The van der Waals surface area contributed by atoms with Gasteiger partial charge in [-0.25, -0.2) is 0 Å². The molecule has 1 atom stereocenters. The van der Waals surface area contributed by atoms with Crippen LogP contribution in [0.2, 0.25) is 0 Å². The number of methoxy groups -OCH3 is 1. The minimum absolute atomic E-state index is 0.215. The fourth-order valence-electron chi connectivity index (χ4n) is 3.48. The Morgan fingerprint density at radius 3 is 2.14 bits per heavy atom. The van der Waals surface area contributed by atoms with E-state index in [0.717, 1.165) is 6.54 Å². The van der Waals surface area contributed by atoms with Crippen molar-refractivity contribution in [2.24, 2.45) is 0 Å². The minimum atomic E-state index is 0.215. The third-order valence-electron chi connectivity index (χ3n) is 5.16. The molecule has 0 aromatic rings. The molecule has 0 aromatic heterocycles. The molecule has 1 unspecified atom stereocenters. The van der Waals surface area contributed by atoms with Crippen LogP contribution in [0.25, 0.3) is 0 Å². The summed E-state index contributed by atoms with van der Waals surface area (Å²) in [4.78, 5) is 0. The predicted octanol–water partition coefficient (Wildman–Crippen LogP) is 5.45. The highest BCUT2D eigenvalue weighted by Gasteiger charge is 2.38. The Hall–Kier alpha value is -0.0800. The molecule has 2 heteroatoms. The van der Waals surface area contributed by atoms with Crippen molar-refractivity contribution in [1.82, 2.24) is 5.32 Å². The molecule has 1 aliphatic carbocycles. The van der Waals surface area contributed by atoms with Gasteiger partial charge < -0.3 is 10.1 Å². The van der Waals surface area contributed by atoms with Crippen molar-refractivity contribution in [2.75, 3.05) is 13.7 Å². The maximum atomic E-state index is 5.82. The van der Waals surface area contributed by atoms with Crippen molar-refractivity contribution in [3.8, 4) is 0 Å². The van der Waals surface area contributed by atoms with E-state index in [2.05, 4.69) is 19.2 Å². The highest BCUT2D eigenvalue weighted by Crippen LogP contribution is 2.39. The van der Waals surface area contributed by atoms with E-state index in [1.807, 2.05) is 7.11 Å². The van der Waals surface area contributed by atoms with Gasteiger partial charge in [0.2, 0.25) is 0 Å². The molecule has 1 saturated carbocycles. The molecule has 0 spiro atoms. The molecule has 0 heterocycles. The van der Waals surface area contributed by atoms with Crippen molar-refractivity contribution in [3.63, 3.8) is 0 Å². The van der Waals surface area contributed by atoms with E-state index in [4.69, 9.17) is 4.74 Å². The Morgan fingerprint density at radius 1 is 0.952 bits per heavy atom. The van der Waals surface area contributed by atoms with Gasteiger partial charge in [0, 0.05) is 13.2 Å². The fourth-order valence-corrected chi connectivity index (χ4v) is 3.48. The highest BCUT2D eigenvalue weighted by molar-refractivity contribution is 4.93. The SMILES string of the molecule is CCCCCCCCCC(CC1(OC)CCC1)NCCC. The van der Waals surface area contributed by atoms with Crippen LogP contribution in [0.5, 0.6) is 0 Å². The van der Waals surface area contributed by atoms with Gasteiger partial charge in [0.05, 0.1) is 5.60 Å². The number of ether oxygens (including phenoxy) is 1. The van der Waals surface area contributed by atoms with E-state index in [-0.39, 0.29) is 5.60 Å². The summed E-state index contributed by atoms with van der Waals surface area (Å²) in [5, 5.41) is 3.76. The summed E-state index contributed by atoms with van der Waals surface area (Å²) < 4.78 is 5.82. The van der Waals surface area contributed by atoms with Crippen molar-refractivity contribution < 1.29 is 4.74 Å². The summed E-state index contributed by atoms with van der Waals surface area (Å²) in [6, 6.07) is 0.667. The number of rotatable bonds is 14. The van der Waals surface area contributed by atoms with E-state index in [0.29, 0.717) is 6.04 Å². The minimum Gasteiger partial charge on any atom is -0.378 e. The number of nitrogens with one attached hydrogen (secondary N) is 1. The van der Waals surface area contributed by atoms with E-state index in [9.17, 15) is 0 Å². The molecule has 0 radical (unpaired) electrons. The van der Waals surface area contributed by atoms with Gasteiger partial charge in [-0.15, -0.1) is 0 Å². The first-order chi connectivity index (χ1) is 10.3. The average Bonchev–Trinajstić information content (AvgIpc) is 2.46. The normalized spacial score (nSPS) is 18.4. The van der Waals surface area contributed by atoms with E-state index in [1.54, 1.807) is 0 Å². The van der Waals surface area contributed by atoms with Crippen molar-refractivity contribution in [3.05, 3.63) is 0 Å². The second-order valence-corrected chi connectivity index (χ2v) is 7.01. The van der Waals surface area contributed by atoms with Gasteiger partial charge in [-0.1, -0.05) is 58.8 Å². The van der Waals surface area contributed by atoms with Gasteiger partial charge in [0.25, 0.3) is 0 Å². The van der Waals surface area contributed by atoms with Crippen molar-refractivity contribution >= 4 is 0 Å². The monoisotopic (exact) mass is 297 g/mol. The number of unbranched alkanes of at least 4 members (excludes halogenated alkanes) is 6. The van der Waals surface area contributed by atoms with Crippen molar-refractivity contribution in [2.45, 2.75) is 109 Å². The van der Waals surface area contributed by atoms with Crippen LogP contribution in [0.4, 0.5) is 0 Å². The van der Waals surface area contributed by atoms with Gasteiger partial charge in [0.1, 0.15) is 0 Å². The molecular formula is C19H39NO. The molecule has 0 aromatic carbocycles. The topological polar surface area (TPSA) is 21.3 Å². The first-order valence-corrected chi connectivity index (χ1v) is 9.55. The quantitative estimate of drug-likeness (QED) is 0.430. The van der Waals surface area contributed by atoms with E-state index >= 15 is 0 Å². The lowest BCUT2D eigenvalue weighted by Crippen LogP contribution is -2.46. The largest absolute Gasteiger partial charge is 0.378 e. The fraction of sp³-hybridized carbons (Fsp3) is 1.00. The molecule has 0 saturated heterocycles. The Balaban J connectivity index is 2.17. The van der Waals surface area contributed by atoms with Gasteiger partial charge >= 0.3 is 0 Å². The highest BCUT2D eigenvalue weighted by atomic mass is 16.5. The lowest BCUT2D eigenvalue weighted by molar-refractivity contribution is -0.0839. The molecule has 126 valence electrons. The summed E-state index contributed by atoms with van der Waals surface area (Å²) >= 11 is 0. The summed E-state index contributed by atoms with van der Waals surface area (Å²) in [6.07, 6.45) is 17.5. The average molecular weight is 298 g/mol. The maximum Gasteiger partial charge on any atom is 0.0693 e. The molecule has 1 rings (SSSR count). The molecule has 1 fully saturated rings. The molecule has 0 amide bonds. The van der Waals surface area contributed by atoms with Crippen LogP contribution in [0.1, 0.15) is 97.3 Å². The van der Waals surface area contributed by atoms with Gasteiger partial charge in [-0.05, 0) is 45.1 Å². The molecule has 21 heavy (non-hydrogen) atoms. The maximum absolute atomic E-state index is 5.82. The lowest BCUT2D eigenvalue weighted by atomic mass is 9.75. The van der Waals surface area contributed by atoms with Gasteiger partial charge in [0.15, 0.2) is 0 Å². The Bertz CT molecular complexity index is 232. The molecule has 2 nitrogen and oxygen atoms in total. The van der Waals surface area contributed by atoms with E-state index < -0.39 is 0 Å². The summed E-state index contributed by atoms with van der Waals surface area (Å²) in [6.45, 7) is 5.70. The molecule has 0 bridgehead atoms. The zero-order valence-corrected chi connectivity index (χ0v) is 14.9. The number of hydrogen-bond acceptors (Lipinski definition) is 2. The Labute approximate surface area is 133 Å². The van der Waals surface area contributed by atoms with E-state index in [1.165, 1.54) is 83.5 Å². The third kappa shape index (κ3) is 7.65. The summed E-state index contributed by atoms with van der Waals surface area (Å²) in [5.74, 6) is 0. The zero-order valence-electron chi connectivity index (χ0n) is 14.9. The predicted molar refractivity (Wildman–Crippen MR) is 92.9 cm³/mol. The van der Waals surface area contributed by atoms with Gasteiger partial charge in [-0.2, -0.15) is 0 Å². The third-order valence-corrected chi connectivity index (χ3v) is 5.16. The number of hydrogen-bond donors (Lipinski definition) is 1. The smallest absolute Gasteiger partial charge is 0.0693 e. The second kappa shape index (κ2) is 11.5. The first-order valence-electron chi connectivity index (χ1n) is 9.55.